The lowest BCUT2D eigenvalue weighted by atomic mass is 10.1. The molecule has 0 radical (unpaired) electrons. The average molecular weight is 347 g/mol. The van der Waals surface area contributed by atoms with Crippen molar-refractivity contribution >= 4 is 11.6 Å². The summed E-state index contributed by atoms with van der Waals surface area (Å²) in [6.07, 6.45) is 2.86. The fourth-order valence-corrected chi connectivity index (χ4v) is 2.25. The number of aryl methyl sites for hydroxylation is 1. The number of aliphatic hydroxyl groups is 1. The molecule has 2 aromatic heterocycles. The Bertz CT molecular complexity index is 900. The first kappa shape index (κ1) is 16.9. The van der Waals surface area contributed by atoms with E-state index in [4.69, 9.17) is 0 Å². The molecule has 1 atom stereocenters. The predicted molar refractivity (Wildman–Crippen MR) is 85.8 cm³/mol. The van der Waals surface area contributed by atoms with Crippen molar-refractivity contribution in [3.8, 4) is 11.3 Å². The summed E-state index contributed by atoms with van der Waals surface area (Å²) in [6, 6.07) is 3.84. The van der Waals surface area contributed by atoms with Gasteiger partial charge in [0.15, 0.2) is 12.1 Å². The minimum atomic E-state index is -1.40. The van der Waals surface area contributed by atoms with Gasteiger partial charge in [-0.2, -0.15) is 5.10 Å². The molecule has 0 saturated carbocycles. The SMILES string of the molecule is COC(O)c1ccc(-c2nc(Nc3cnn(C)c3)ncc2F)cc1F. The first-order valence-corrected chi connectivity index (χ1v) is 7.27. The van der Waals surface area contributed by atoms with Gasteiger partial charge in [-0.05, 0) is 6.07 Å². The monoisotopic (exact) mass is 347 g/mol. The Morgan fingerprint density at radius 2 is 2.04 bits per heavy atom. The molecule has 1 aromatic carbocycles. The number of aliphatic hydroxyl groups excluding tert-OH is 1. The van der Waals surface area contributed by atoms with E-state index in [0.29, 0.717) is 5.69 Å². The van der Waals surface area contributed by atoms with Gasteiger partial charge in [-0.15, -0.1) is 0 Å². The second-order valence-electron chi connectivity index (χ2n) is 5.24. The lowest BCUT2D eigenvalue weighted by Gasteiger charge is -2.11. The van der Waals surface area contributed by atoms with E-state index in [2.05, 4.69) is 25.1 Å². The molecule has 3 aromatic rings. The number of ether oxygens (including phenoxy) is 1. The number of hydrogen-bond donors (Lipinski definition) is 2. The number of methoxy groups -OCH3 is 1. The van der Waals surface area contributed by atoms with Gasteiger partial charge in [0.2, 0.25) is 5.95 Å². The number of nitrogens with one attached hydrogen (secondary N) is 1. The van der Waals surface area contributed by atoms with Crippen LogP contribution in [-0.4, -0.2) is 32.0 Å². The zero-order valence-corrected chi connectivity index (χ0v) is 13.4. The standard InChI is InChI=1S/C16H15F2N5O2/c1-23-8-10(6-20-23)21-16-19-7-13(18)14(22-16)9-3-4-11(12(17)5-9)15(24)25-2/h3-8,15,24H,1-2H3,(H,19,21,22). The molecule has 0 aliphatic rings. The van der Waals surface area contributed by atoms with Crippen LogP contribution in [0.3, 0.4) is 0 Å². The zero-order valence-electron chi connectivity index (χ0n) is 13.4. The van der Waals surface area contributed by atoms with E-state index >= 15 is 0 Å². The summed E-state index contributed by atoms with van der Waals surface area (Å²) >= 11 is 0. The van der Waals surface area contributed by atoms with E-state index in [1.165, 1.54) is 19.2 Å². The van der Waals surface area contributed by atoms with Crippen LogP contribution in [0.4, 0.5) is 20.4 Å². The average Bonchev–Trinajstić information content (AvgIpc) is 3.00. The van der Waals surface area contributed by atoms with Crippen LogP contribution in [0.2, 0.25) is 0 Å². The van der Waals surface area contributed by atoms with Gasteiger partial charge in [0.25, 0.3) is 0 Å². The molecule has 0 amide bonds. The number of aromatic nitrogens is 4. The van der Waals surface area contributed by atoms with E-state index in [1.807, 2.05) is 0 Å². The highest BCUT2D eigenvalue weighted by molar-refractivity contribution is 5.62. The van der Waals surface area contributed by atoms with Crippen LogP contribution >= 0.6 is 0 Å². The first-order valence-electron chi connectivity index (χ1n) is 7.27. The summed E-state index contributed by atoms with van der Waals surface area (Å²) in [6.45, 7) is 0. The molecule has 0 bridgehead atoms. The van der Waals surface area contributed by atoms with Crippen LogP contribution < -0.4 is 5.32 Å². The molecule has 9 heteroatoms. The third kappa shape index (κ3) is 3.62. The molecule has 3 rings (SSSR count). The second kappa shape index (κ2) is 6.91. The van der Waals surface area contributed by atoms with E-state index < -0.39 is 17.9 Å². The fraction of sp³-hybridized carbons (Fsp3) is 0.188. The van der Waals surface area contributed by atoms with Crippen molar-refractivity contribution in [1.82, 2.24) is 19.7 Å². The van der Waals surface area contributed by atoms with Gasteiger partial charge in [0.1, 0.15) is 11.5 Å². The summed E-state index contributed by atoms with van der Waals surface area (Å²) in [5, 5.41) is 16.4. The molecule has 2 heterocycles. The first-order chi connectivity index (χ1) is 12.0. The maximum Gasteiger partial charge on any atom is 0.228 e. The van der Waals surface area contributed by atoms with E-state index in [0.717, 1.165) is 12.3 Å². The fourth-order valence-electron chi connectivity index (χ4n) is 2.25. The summed E-state index contributed by atoms with van der Waals surface area (Å²) in [7, 11) is 3.00. The molecule has 0 aliphatic heterocycles. The van der Waals surface area contributed by atoms with E-state index in [-0.39, 0.29) is 22.8 Å². The molecule has 0 fully saturated rings. The number of rotatable bonds is 5. The maximum atomic E-state index is 14.1. The third-order valence-electron chi connectivity index (χ3n) is 3.47. The van der Waals surface area contributed by atoms with Crippen LogP contribution in [0.25, 0.3) is 11.3 Å². The van der Waals surface area contributed by atoms with Gasteiger partial charge in [0, 0.05) is 31.5 Å². The van der Waals surface area contributed by atoms with Crippen molar-refractivity contribution in [3.63, 3.8) is 0 Å². The highest BCUT2D eigenvalue weighted by Gasteiger charge is 2.16. The minimum absolute atomic E-state index is 0.0468. The molecule has 0 aliphatic carbocycles. The molecule has 25 heavy (non-hydrogen) atoms. The summed E-state index contributed by atoms with van der Waals surface area (Å²) in [5.41, 5.74) is 0.719. The Kier molecular flexibility index (Phi) is 4.68. The van der Waals surface area contributed by atoms with Crippen molar-refractivity contribution in [2.24, 2.45) is 7.05 Å². The molecular weight excluding hydrogens is 332 g/mol. The molecule has 0 saturated heterocycles. The van der Waals surface area contributed by atoms with Crippen molar-refractivity contribution in [2.75, 3.05) is 12.4 Å². The topological polar surface area (TPSA) is 85.1 Å². The summed E-state index contributed by atoms with van der Waals surface area (Å²) < 4.78 is 34.5. The van der Waals surface area contributed by atoms with Gasteiger partial charge < -0.3 is 15.2 Å². The van der Waals surface area contributed by atoms with Crippen LogP contribution in [0.15, 0.2) is 36.8 Å². The Morgan fingerprint density at radius 3 is 2.68 bits per heavy atom. The minimum Gasteiger partial charge on any atom is -0.364 e. The second-order valence-corrected chi connectivity index (χ2v) is 5.24. The number of hydrogen-bond acceptors (Lipinski definition) is 6. The lowest BCUT2D eigenvalue weighted by Crippen LogP contribution is -2.04. The third-order valence-corrected chi connectivity index (χ3v) is 3.47. The molecule has 0 spiro atoms. The highest BCUT2D eigenvalue weighted by atomic mass is 19.1. The van der Waals surface area contributed by atoms with Crippen LogP contribution in [-0.2, 0) is 11.8 Å². The Balaban J connectivity index is 1.94. The summed E-state index contributed by atoms with van der Waals surface area (Å²) in [4.78, 5) is 7.95. The maximum absolute atomic E-state index is 14.1. The van der Waals surface area contributed by atoms with Crippen molar-refractivity contribution < 1.29 is 18.6 Å². The lowest BCUT2D eigenvalue weighted by molar-refractivity contribution is -0.0790. The number of nitrogens with zero attached hydrogens (tertiary/aromatic N) is 4. The van der Waals surface area contributed by atoms with Gasteiger partial charge in [-0.1, -0.05) is 12.1 Å². The Hall–Kier alpha value is -2.91. The predicted octanol–water partition coefficient (Wildman–Crippen LogP) is 2.54. The van der Waals surface area contributed by atoms with E-state index in [1.54, 1.807) is 24.1 Å². The van der Waals surface area contributed by atoms with Gasteiger partial charge in [0.05, 0.1) is 18.1 Å². The van der Waals surface area contributed by atoms with Gasteiger partial charge in [-0.25, -0.2) is 18.7 Å². The normalized spacial score (nSPS) is 12.2. The van der Waals surface area contributed by atoms with Gasteiger partial charge >= 0.3 is 0 Å². The molecule has 2 N–H and O–H groups in total. The largest absolute Gasteiger partial charge is 0.364 e. The quantitative estimate of drug-likeness (QED) is 0.690. The van der Waals surface area contributed by atoms with Crippen LogP contribution in [0, 0.1) is 11.6 Å². The number of halogens is 2. The highest BCUT2D eigenvalue weighted by Crippen LogP contribution is 2.26. The molecule has 1 unspecified atom stereocenters. The van der Waals surface area contributed by atoms with E-state index in [9.17, 15) is 13.9 Å². The van der Waals surface area contributed by atoms with Crippen molar-refractivity contribution in [3.05, 3.63) is 54.0 Å². The van der Waals surface area contributed by atoms with Gasteiger partial charge in [-0.3, -0.25) is 4.68 Å². The molecular formula is C16H15F2N5O2. The molecule has 7 nitrogen and oxygen atoms in total. The van der Waals surface area contributed by atoms with Crippen molar-refractivity contribution in [1.29, 1.82) is 0 Å². The van der Waals surface area contributed by atoms with Crippen molar-refractivity contribution in [2.45, 2.75) is 6.29 Å². The molecule has 130 valence electrons. The number of benzene rings is 1. The zero-order chi connectivity index (χ0) is 18.0. The Labute approximate surface area is 141 Å². The van der Waals surface area contributed by atoms with Crippen LogP contribution in [0.1, 0.15) is 11.9 Å². The smallest absolute Gasteiger partial charge is 0.228 e. The Morgan fingerprint density at radius 1 is 1.24 bits per heavy atom. The van der Waals surface area contributed by atoms with Crippen LogP contribution in [0.5, 0.6) is 0 Å². The summed E-state index contributed by atoms with van der Waals surface area (Å²) in [5.74, 6) is -1.28. The number of anilines is 2.